The van der Waals surface area contributed by atoms with Crippen LogP contribution in [0, 0.1) is 5.82 Å². The van der Waals surface area contributed by atoms with Crippen LogP contribution >= 0.6 is 11.6 Å². The van der Waals surface area contributed by atoms with Crippen LogP contribution in [-0.2, 0) is 11.3 Å². The summed E-state index contributed by atoms with van der Waals surface area (Å²) in [5.74, 6) is -0.360. The second kappa shape index (κ2) is 5.85. The molecule has 0 atom stereocenters. The van der Waals surface area contributed by atoms with Crippen LogP contribution in [0.25, 0.3) is 6.08 Å². The van der Waals surface area contributed by atoms with E-state index in [1.807, 2.05) is 0 Å². The Morgan fingerprint density at radius 1 is 1.53 bits per heavy atom. The molecule has 0 spiro atoms. The third-order valence-electron chi connectivity index (χ3n) is 1.90. The van der Waals surface area contributed by atoms with Gasteiger partial charge in [0.1, 0.15) is 5.82 Å². The first-order chi connectivity index (χ1) is 7.19. The first-order valence-corrected chi connectivity index (χ1v) is 4.90. The molecule has 0 aliphatic carbocycles. The second-order valence-corrected chi connectivity index (χ2v) is 3.44. The molecule has 0 amide bonds. The first-order valence-electron chi connectivity index (χ1n) is 4.52. The summed E-state index contributed by atoms with van der Waals surface area (Å²) in [7, 11) is 1.50. The molecule has 0 aliphatic heterocycles. The Morgan fingerprint density at radius 2 is 2.27 bits per heavy atom. The Labute approximate surface area is 93.5 Å². The van der Waals surface area contributed by atoms with Crippen molar-refractivity contribution < 1.29 is 9.13 Å². The van der Waals surface area contributed by atoms with Crippen molar-refractivity contribution in [2.75, 3.05) is 13.7 Å². The minimum Gasteiger partial charge on any atom is -0.380 e. The highest BCUT2D eigenvalue weighted by Gasteiger charge is 2.08. The molecule has 0 unspecified atom stereocenters. The normalized spacial score (nSPS) is 11.2. The van der Waals surface area contributed by atoms with E-state index >= 15 is 0 Å². The van der Waals surface area contributed by atoms with Crippen LogP contribution in [0.2, 0.25) is 5.02 Å². The van der Waals surface area contributed by atoms with Gasteiger partial charge in [-0.05, 0) is 17.7 Å². The Balaban J connectivity index is 3.02. The van der Waals surface area contributed by atoms with E-state index in [1.165, 1.54) is 13.2 Å². The molecule has 0 aromatic heterocycles. The van der Waals surface area contributed by atoms with Gasteiger partial charge in [-0.15, -0.1) is 0 Å². The number of methoxy groups -OCH3 is 1. The van der Waals surface area contributed by atoms with Crippen LogP contribution in [0.3, 0.4) is 0 Å². The molecule has 82 valence electrons. The van der Waals surface area contributed by atoms with Crippen molar-refractivity contribution in [1.82, 2.24) is 0 Å². The molecule has 0 saturated heterocycles. The number of halogens is 2. The Hall–Kier alpha value is -0.900. The van der Waals surface area contributed by atoms with Crippen LogP contribution in [-0.4, -0.2) is 13.7 Å². The van der Waals surface area contributed by atoms with Crippen molar-refractivity contribution in [3.8, 4) is 0 Å². The summed E-state index contributed by atoms with van der Waals surface area (Å²) in [6.45, 7) is 0.588. The summed E-state index contributed by atoms with van der Waals surface area (Å²) in [6.07, 6.45) is 3.46. The SMILES string of the molecule is COCc1c(F)cc(/C=C/CN)cc1Cl. The molecule has 4 heteroatoms. The van der Waals surface area contributed by atoms with Crippen molar-refractivity contribution >= 4 is 17.7 Å². The van der Waals surface area contributed by atoms with Gasteiger partial charge in [0, 0.05) is 24.2 Å². The number of rotatable bonds is 4. The van der Waals surface area contributed by atoms with Crippen LogP contribution in [0.15, 0.2) is 18.2 Å². The molecular formula is C11H13ClFNO. The summed E-state index contributed by atoms with van der Waals surface area (Å²) in [5, 5.41) is 0.369. The molecule has 0 radical (unpaired) electrons. The van der Waals surface area contributed by atoms with E-state index in [0.29, 0.717) is 22.7 Å². The molecule has 15 heavy (non-hydrogen) atoms. The maximum absolute atomic E-state index is 13.5. The lowest BCUT2D eigenvalue weighted by molar-refractivity contribution is 0.181. The fourth-order valence-electron chi connectivity index (χ4n) is 1.21. The third-order valence-corrected chi connectivity index (χ3v) is 2.24. The van der Waals surface area contributed by atoms with Crippen LogP contribution < -0.4 is 5.73 Å². The highest BCUT2D eigenvalue weighted by molar-refractivity contribution is 6.31. The molecule has 0 saturated carbocycles. The summed E-state index contributed by atoms with van der Waals surface area (Å²) in [4.78, 5) is 0. The lowest BCUT2D eigenvalue weighted by Gasteiger charge is -2.06. The Kier molecular flexibility index (Phi) is 4.75. The highest BCUT2D eigenvalue weighted by atomic mass is 35.5. The number of hydrogen-bond acceptors (Lipinski definition) is 2. The molecule has 0 heterocycles. The molecule has 1 rings (SSSR count). The molecule has 1 aromatic rings. The first kappa shape index (κ1) is 12.2. The van der Waals surface area contributed by atoms with Gasteiger partial charge in [0.2, 0.25) is 0 Å². The van der Waals surface area contributed by atoms with Crippen LogP contribution in [0.4, 0.5) is 4.39 Å². The van der Waals surface area contributed by atoms with Gasteiger partial charge < -0.3 is 10.5 Å². The number of benzene rings is 1. The fraction of sp³-hybridized carbons (Fsp3) is 0.273. The quantitative estimate of drug-likeness (QED) is 0.862. The number of hydrogen-bond donors (Lipinski definition) is 1. The second-order valence-electron chi connectivity index (χ2n) is 3.03. The summed E-state index contributed by atoms with van der Waals surface area (Å²) >= 11 is 5.91. The Morgan fingerprint density at radius 3 is 2.80 bits per heavy atom. The maximum Gasteiger partial charge on any atom is 0.130 e. The standard InChI is InChI=1S/C11H13ClFNO/c1-15-7-9-10(12)5-8(3-2-4-14)6-11(9)13/h2-3,5-6H,4,7,14H2,1H3/b3-2+. The van der Waals surface area contributed by atoms with E-state index in [4.69, 9.17) is 22.1 Å². The molecule has 2 N–H and O–H groups in total. The van der Waals surface area contributed by atoms with E-state index in [1.54, 1.807) is 18.2 Å². The predicted molar refractivity (Wildman–Crippen MR) is 60.2 cm³/mol. The lowest BCUT2D eigenvalue weighted by atomic mass is 10.1. The fourth-order valence-corrected chi connectivity index (χ4v) is 1.48. The van der Waals surface area contributed by atoms with Gasteiger partial charge in [-0.3, -0.25) is 0 Å². The average Bonchev–Trinajstić information content (AvgIpc) is 2.20. The van der Waals surface area contributed by atoms with E-state index < -0.39 is 0 Å². The summed E-state index contributed by atoms with van der Waals surface area (Å²) in [6, 6.07) is 3.09. The highest BCUT2D eigenvalue weighted by Crippen LogP contribution is 2.23. The Bertz CT molecular complexity index is 343. The maximum atomic E-state index is 13.5. The van der Waals surface area contributed by atoms with Crippen molar-refractivity contribution in [2.45, 2.75) is 6.61 Å². The topological polar surface area (TPSA) is 35.2 Å². The monoisotopic (exact) mass is 229 g/mol. The van der Waals surface area contributed by atoms with Gasteiger partial charge in [-0.25, -0.2) is 4.39 Å². The molecule has 0 bridgehead atoms. The molecule has 2 nitrogen and oxygen atoms in total. The summed E-state index contributed by atoms with van der Waals surface area (Å²) in [5.41, 5.74) is 6.37. The van der Waals surface area contributed by atoms with Crippen molar-refractivity contribution in [1.29, 1.82) is 0 Å². The molecule has 1 aromatic carbocycles. The smallest absolute Gasteiger partial charge is 0.130 e. The largest absolute Gasteiger partial charge is 0.380 e. The zero-order valence-corrected chi connectivity index (χ0v) is 9.22. The average molecular weight is 230 g/mol. The van der Waals surface area contributed by atoms with Crippen molar-refractivity contribution in [3.05, 3.63) is 40.2 Å². The minimum atomic E-state index is -0.360. The van der Waals surface area contributed by atoms with Crippen molar-refractivity contribution in [2.24, 2.45) is 5.73 Å². The van der Waals surface area contributed by atoms with Gasteiger partial charge >= 0.3 is 0 Å². The number of nitrogens with two attached hydrogens (primary N) is 1. The molecule has 0 aliphatic rings. The third kappa shape index (κ3) is 3.30. The van der Waals surface area contributed by atoms with Crippen LogP contribution in [0.5, 0.6) is 0 Å². The lowest BCUT2D eigenvalue weighted by Crippen LogP contribution is -1.96. The van der Waals surface area contributed by atoms with Gasteiger partial charge in [0.15, 0.2) is 0 Å². The van der Waals surface area contributed by atoms with E-state index in [0.717, 1.165) is 0 Å². The van der Waals surface area contributed by atoms with Gasteiger partial charge in [0.05, 0.1) is 6.61 Å². The van der Waals surface area contributed by atoms with Gasteiger partial charge in [-0.1, -0.05) is 23.8 Å². The summed E-state index contributed by atoms with van der Waals surface area (Å²) < 4.78 is 18.3. The van der Waals surface area contributed by atoms with Crippen LogP contribution in [0.1, 0.15) is 11.1 Å². The zero-order valence-electron chi connectivity index (χ0n) is 8.47. The molecule has 0 fully saturated rings. The number of ether oxygens (including phenoxy) is 1. The zero-order chi connectivity index (χ0) is 11.3. The van der Waals surface area contributed by atoms with E-state index in [9.17, 15) is 4.39 Å². The predicted octanol–water partition coefficient (Wildman–Crippen LogP) is 2.60. The van der Waals surface area contributed by atoms with Gasteiger partial charge in [0.25, 0.3) is 0 Å². The minimum absolute atomic E-state index is 0.172. The van der Waals surface area contributed by atoms with E-state index in [2.05, 4.69) is 0 Å². The molecular weight excluding hydrogens is 217 g/mol. The van der Waals surface area contributed by atoms with Crippen molar-refractivity contribution in [3.63, 3.8) is 0 Å². The van der Waals surface area contributed by atoms with E-state index in [-0.39, 0.29) is 12.4 Å². The van der Waals surface area contributed by atoms with Gasteiger partial charge in [-0.2, -0.15) is 0 Å².